The first-order chi connectivity index (χ1) is 6.84. The summed E-state index contributed by atoms with van der Waals surface area (Å²) in [5.41, 5.74) is 0. The van der Waals surface area contributed by atoms with E-state index in [9.17, 15) is 0 Å². The minimum atomic E-state index is 0.520. The maximum absolute atomic E-state index is 5.76. The van der Waals surface area contributed by atoms with Crippen LogP contribution in [0.3, 0.4) is 0 Å². The van der Waals surface area contributed by atoms with Crippen molar-refractivity contribution in [2.45, 2.75) is 11.4 Å². The van der Waals surface area contributed by atoms with E-state index in [1.165, 1.54) is 12.7 Å². The molecule has 1 atom stereocenters. The first kappa shape index (κ1) is 10.2. The van der Waals surface area contributed by atoms with Crippen LogP contribution in [0.2, 0.25) is 5.15 Å². The van der Waals surface area contributed by atoms with Crippen molar-refractivity contribution >= 4 is 23.4 Å². The van der Waals surface area contributed by atoms with Crippen LogP contribution in [0, 0.1) is 5.92 Å². The molecule has 0 unspecified atom stereocenters. The molecule has 1 aliphatic rings. The van der Waals surface area contributed by atoms with E-state index < -0.39 is 0 Å². The molecule has 2 rings (SSSR count). The Bertz CT molecular complexity index is 302. The minimum absolute atomic E-state index is 0.520. The van der Waals surface area contributed by atoms with Gasteiger partial charge in [0.2, 0.25) is 0 Å². The number of hydrogen-bond acceptors (Lipinski definition) is 4. The van der Waals surface area contributed by atoms with Crippen LogP contribution in [-0.2, 0) is 0 Å². The van der Waals surface area contributed by atoms with E-state index in [2.05, 4.69) is 15.3 Å². The predicted molar refractivity (Wildman–Crippen MR) is 58.7 cm³/mol. The normalized spacial score (nSPS) is 21.4. The molecule has 5 heteroatoms. The van der Waals surface area contributed by atoms with Gasteiger partial charge in [-0.15, -0.1) is 11.8 Å². The Morgan fingerprint density at radius 3 is 3.21 bits per heavy atom. The molecule has 0 aromatic carbocycles. The quantitative estimate of drug-likeness (QED) is 0.634. The van der Waals surface area contributed by atoms with Crippen LogP contribution in [0.5, 0.6) is 0 Å². The monoisotopic (exact) mass is 229 g/mol. The van der Waals surface area contributed by atoms with E-state index in [1.807, 2.05) is 6.07 Å². The molecule has 1 aliphatic heterocycles. The molecule has 1 aromatic heterocycles. The van der Waals surface area contributed by atoms with Crippen molar-refractivity contribution in [1.82, 2.24) is 15.3 Å². The van der Waals surface area contributed by atoms with Crippen molar-refractivity contribution in [1.29, 1.82) is 0 Å². The van der Waals surface area contributed by atoms with E-state index in [-0.39, 0.29) is 0 Å². The summed E-state index contributed by atoms with van der Waals surface area (Å²) >= 11 is 7.52. The lowest BCUT2D eigenvalue weighted by Gasteiger charge is -2.06. The maximum Gasteiger partial charge on any atom is 0.133 e. The molecule has 0 spiro atoms. The van der Waals surface area contributed by atoms with Crippen LogP contribution in [0.4, 0.5) is 0 Å². The number of halogens is 1. The van der Waals surface area contributed by atoms with Crippen molar-refractivity contribution in [3.05, 3.63) is 17.5 Å². The van der Waals surface area contributed by atoms with Crippen molar-refractivity contribution in [3.63, 3.8) is 0 Å². The first-order valence-corrected chi connectivity index (χ1v) is 6.02. The average Bonchev–Trinajstić information content (AvgIpc) is 2.67. The van der Waals surface area contributed by atoms with Gasteiger partial charge in [-0.2, -0.15) is 0 Å². The van der Waals surface area contributed by atoms with Gasteiger partial charge in [-0.3, -0.25) is 0 Å². The van der Waals surface area contributed by atoms with Crippen LogP contribution >= 0.6 is 23.4 Å². The Hall–Kier alpha value is -0.320. The lowest BCUT2D eigenvalue weighted by molar-refractivity contribution is 0.662. The largest absolute Gasteiger partial charge is 0.316 e. The summed E-state index contributed by atoms with van der Waals surface area (Å²) in [5, 5.41) is 4.84. The highest BCUT2D eigenvalue weighted by atomic mass is 35.5. The number of thioether (sulfide) groups is 1. The minimum Gasteiger partial charge on any atom is -0.316 e. The van der Waals surface area contributed by atoms with Gasteiger partial charge >= 0.3 is 0 Å². The van der Waals surface area contributed by atoms with Crippen LogP contribution in [0.25, 0.3) is 0 Å². The molecule has 1 saturated heterocycles. The topological polar surface area (TPSA) is 37.8 Å². The number of aromatic nitrogens is 2. The van der Waals surface area contributed by atoms with E-state index in [1.54, 1.807) is 11.8 Å². The molecular weight excluding hydrogens is 218 g/mol. The van der Waals surface area contributed by atoms with E-state index in [4.69, 9.17) is 11.6 Å². The van der Waals surface area contributed by atoms with Crippen LogP contribution in [-0.4, -0.2) is 28.8 Å². The van der Waals surface area contributed by atoms with E-state index in [0.717, 1.165) is 29.8 Å². The lowest BCUT2D eigenvalue weighted by Crippen LogP contribution is -2.10. The molecule has 3 nitrogen and oxygen atoms in total. The smallest absolute Gasteiger partial charge is 0.133 e. The summed E-state index contributed by atoms with van der Waals surface area (Å²) in [4.78, 5) is 8.00. The van der Waals surface area contributed by atoms with E-state index in [0.29, 0.717) is 5.15 Å². The number of nitrogens with one attached hydrogen (secondary N) is 1. The van der Waals surface area contributed by atoms with Gasteiger partial charge in [0.05, 0.1) is 0 Å². The maximum atomic E-state index is 5.76. The third-order valence-corrected chi connectivity index (χ3v) is 3.60. The fraction of sp³-hybridized carbons (Fsp3) is 0.556. The second-order valence-electron chi connectivity index (χ2n) is 3.35. The van der Waals surface area contributed by atoms with E-state index >= 15 is 0 Å². The molecule has 1 fully saturated rings. The third-order valence-electron chi connectivity index (χ3n) is 2.24. The van der Waals surface area contributed by atoms with Gasteiger partial charge in [0, 0.05) is 11.8 Å². The molecule has 1 aromatic rings. The molecule has 0 amide bonds. The summed E-state index contributed by atoms with van der Waals surface area (Å²) in [5.74, 6) is 1.88. The molecule has 2 heterocycles. The summed E-state index contributed by atoms with van der Waals surface area (Å²) in [6.45, 7) is 2.28. The van der Waals surface area contributed by atoms with Gasteiger partial charge < -0.3 is 5.32 Å². The lowest BCUT2D eigenvalue weighted by atomic mass is 10.2. The second-order valence-corrected chi connectivity index (χ2v) is 4.78. The third kappa shape index (κ3) is 2.83. The Balaban J connectivity index is 1.85. The van der Waals surface area contributed by atoms with Gasteiger partial charge in [-0.25, -0.2) is 9.97 Å². The van der Waals surface area contributed by atoms with Crippen LogP contribution < -0.4 is 5.32 Å². The number of hydrogen-bond donors (Lipinski definition) is 1. The van der Waals surface area contributed by atoms with Crippen molar-refractivity contribution in [2.24, 2.45) is 5.92 Å². The summed E-state index contributed by atoms with van der Waals surface area (Å²) < 4.78 is 0. The highest BCUT2D eigenvalue weighted by Crippen LogP contribution is 2.22. The van der Waals surface area contributed by atoms with Gasteiger partial charge in [0.15, 0.2) is 0 Å². The summed E-state index contributed by atoms with van der Waals surface area (Å²) in [7, 11) is 0. The Morgan fingerprint density at radius 1 is 1.57 bits per heavy atom. The van der Waals surface area contributed by atoms with Crippen LogP contribution in [0.1, 0.15) is 6.42 Å². The van der Waals surface area contributed by atoms with Gasteiger partial charge in [0.25, 0.3) is 0 Å². The zero-order valence-electron chi connectivity index (χ0n) is 7.74. The molecule has 0 radical (unpaired) electrons. The molecule has 1 N–H and O–H groups in total. The Labute approximate surface area is 92.7 Å². The molecule has 0 aliphatic carbocycles. The van der Waals surface area contributed by atoms with Gasteiger partial charge in [-0.1, -0.05) is 11.6 Å². The van der Waals surface area contributed by atoms with Crippen molar-refractivity contribution in [3.8, 4) is 0 Å². The second kappa shape index (κ2) is 4.96. The van der Waals surface area contributed by atoms with Gasteiger partial charge in [0.1, 0.15) is 16.5 Å². The zero-order chi connectivity index (χ0) is 9.80. The first-order valence-electron chi connectivity index (χ1n) is 4.65. The van der Waals surface area contributed by atoms with Crippen LogP contribution in [0.15, 0.2) is 17.4 Å². The predicted octanol–water partition coefficient (Wildman–Crippen LogP) is 1.83. The number of rotatable bonds is 3. The SMILES string of the molecule is Clc1cc(SC[C@H]2CCNC2)ncn1. The fourth-order valence-electron chi connectivity index (χ4n) is 1.46. The Morgan fingerprint density at radius 2 is 2.50 bits per heavy atom. The van der Waals surface area contributed by atoms with Crippen molar-refractivity contribution < 1.29 is 0 Å². The molecule has 14 heavy (non-hydrogen) atoms. The highest BCUT2D eigenvalue weighted by Gasteiger charge is 2.14. The summed E-state index contributed by atoms with van der Waals surface area (Å²) in [6, 6.07) is 1.81. The fourth-order valence-corrected chi connectivity index (χ4v) is 2.68. The molecular formula is C9H12ClN3S. The standard InChI is InChI=1S/C9H12ClN3S/c10-8-3-9(13-6-12-8)14-5-7-1-2-11-4-7/h3,6-7,11H,1-2,4-5H2/t7-/m0/s1. The highest BCUT2D eigenvalue weighted by molar-refractivity contribution is 7.99. The Kier molecular flexibility index (Phi) is 3.61. The number of nitrogens with zero attached hydrogens (tertiary/aromatic N) is 2. The van der Waals surface area contributed by atoms with Crippen molar-refractivity contribution in [2.75, 3.05) is 18.8 Å². The molecule has 76 valence electrons. The molecule has 0 bridgehead atoms. The van der Waals surface area contributed by atoms with Gasteiger partial charge in [-0.05, 0) is 25.4 Å². The zero-order valence-corrected chi connectivity index (χ0v) is 9.31. The average molecular weight is 230 g/mol. The molecule has 0 saturated carbocycles. The summed E-state index contributed by atoms with van der Waals surface area (Å²) in [6.07, 6.45) is 2.78.